The lowest BCUT2D eigenvalue weighted by atomic mass is 10.1. The number of nitrogens with one attached hydrogen (secondary N) is 1. The fourth-order valence-electron chi connectivity index (χ4n) is 3.94. The van der Waals surface area contributed by atoms with Crippen LogP contribution < -0.4 is 9.80 Å². The predicted molar refractivity (Wildman–Crippen MR) is 93.0 cm³/mol. The number of nitrogens with zero attached hydrogens (tertiary/aromatic N) is 3. The molecule has 1 aromatic heterocycles. The molecule has 2 saturated heterocycles. The van der Waals surface area contributed by atoms with Crippen LogP contribution in [0.4, 0.5) is 11.4 Å². The first kappa shape index (κ1) is 13.9. The third-order valence-corrected chi connectivity index (χ3v) is 5.09. The van der Waals surface area contributed by atoms with Gasteiger partial charge in [-0.25, -0.2) is 4.98 Å². The molecule has 0 unspecified atom stereocenters. The van der Waals surface area contributed by atoms with Gasteiger partial charge >= 0.3 is 0 Å². The van der Waals surface area contributed by atoms with Crippen LogP contribution in [0.1, 0.15) is 44.3 Å². The normalized spacial score (nSPS) is 19.9. The van der Waals surface area contributed by atoms with Crippen molar-refractivity contribution in [3.05, 3.63) is 18.0 Å². The van der Waals surface area contributed by atoms with Crippen LogP contribution in [0.3, 0.4) is 0 Å². The molecule has 2 aromatic rings. The first-order valence-electron chi connectivity index (χ1n) is 8.81. The third kappa shape index (κ3) is 2.55. The van der Waals surface area contributed by atoms with Gasteiger partial charge in [0.15, 0.2) is 0 Å². The van der Waals surface area contributed by atoms with E-state index in [2.05, 4.69) is 31.9 Å². The van der Waals surface area contributed by atoms with E-state index in [9.17, 15) is 0 Å². The number of benzene rings is 1. The summed E-state index contributed by atoms with van der Waals surface area (Å²) in [7, 11) is 0. The number of H-pyrrole nitrogens is 1. The van der Waals surface area contributed by atoms with Gasteiger partial charge in [-0.05, 0) is 57.6 Å². The van der Waals surface area contributed by atoms with Crippen LogP contribution in [-0.2, 0) is 0 Å². The highest BCUT2D eigenvalue weighted by Gasteiger charge is 2.21. The number of piperidine rings is 2. The maximum Gasteiger partial charge on any atom is 0.104 e. The van der Waals surface area contributed by atoms with Gasteiger partial charge in [-0.15, -0.1) is 0 Å². The molecule has 0 saturated carbocycles. The number of hydrogen-bond acceptors (Lipinski definition) is 3. The summed E-state index contributed by atoms with van der Waals surface area (Å²) in [6.45, 7) is 6.81. The van der Waals surface area contributed by atoms with Gasteiger partial charge < -0.3 is 14.8 Å². The Morgan fingerprint density at radius 1 is 0.818 bits per heavy atom. The van der Waals surface area contributed by atoms with E-state index in [1.807, 2.05) is 6.92 Å². The van der Waals surface area contributed by atoms with Crippen LogP contribution in [0, 0.1) is 6.92 Å². The van der Waals surface area contributed by atoms with E-state index in [1.165, 1.54) is 81.6 Å². The highest BCUT2D eigenvalue weighted by atomic mass is 15.2. The number of aromatic nitrogens is 2. The third-order valence-electron chi connectivity index (χ3n) is 5.09. The second-order valence-electron chi connectivity index (χ2n) is 6.78. The average Bonchev–Trinajstić information content (AvgIpc) is 2.94. The van der Waals surface area contributed by atoms with E-state index in [-0.39, 0.29) is 0 Å². The standard InChI is InChI=1S/C18H26N4/c1-14-19-15-12-17(21-8-4-2-5-9-21)18(13-16(15)20-14)22-10-6-3-7-11-22/h12-13H,2-11H2,1H3,(H,19,20). The van der Waals surface area contributed by atoms with Crippen LogP contribution in [0.25, 0.3) is 11.0 Å². The highest BCUT2D eigenvalue weighted by molar-refractivity contribution is 5.88. The van der Waals surface area contributed by atoms with Crippen molar-refractivity contribution >= 4 is 22.4 Å². The van der Waals surface area contributed by atoms with Gasteiger partial charge in [0.25, 0.3) is 0 Å². The first-order chi connectivity index (χ1) is 10.8. The molecule has 1 aromatic carbocycles. The number of aromatic amines is 1. The molecule has 4 rings (SSSR count). The Labute approximate surface area is 132 Å². The molecule has 4 heteroatoms. The summed E-state index contributed by atoms with van der Waals surface area (Å²) in [6.07, 6.45) is 8.02. The first-order valence-corrected chi connectivity index (χ1v) is 8.81. The van der Waals surface area contributed by atoms with E-state index in [1.54, 1.807) is 0 Å². The maximum absolute atomic E-state index is 4.65. The Morgan fingerprint density at radius 3 is 1.95 bits per heavy atom. The Morgan fingerprint density at radius 2 is 1.36 bits per heavy atom. The molecule has 0 bridgehead atoms. The zero-order valence-corrected chi connectivity index (χ0v) is 13.6. The Hall–Kier alpha value is -1.71. The minimum atomic E-state index is 1.01. The minimum absolute atomic E-state index is 1.01. The molecule has 0 spiro atoms. The number of hydrogen-bond donors (Lipinski definition) is 1. The quantitative estimate of drug-likeness (QED) is 0.914. The van der Waals surface area contributed by atoms with Gasteiger partial charge in [0.05, 0.1) is 22.4 Å². The lowest BCUT2D eigenvalue weighted by Crippen LogP contribution is -2.34. The fraction of sp³-hybridized carbons (Fsp3) is 0.611. The van der Waals surface area contributed by atoms with Crippen molar-refractivity contribution in [1.82, 2.24) is 9.97 Å². The van der Waals surface area contributed by atoms with E-state index in [0.717, 1.165) is 11.3 Å². The highest BCUT2D eigenvalue weighted by Crippen LogP contribution is 2.36. The van der Waals surface area contributed by atoms with Gasteiger partial charge in [0.2, 0.25) is 0 Å². The predicted octanol–water partition coefficient (Wildman–Crippen LogP) is 3.85. The summed E-state index contributed by atoms with van der Waals surface area (Å²) >= 11 is 0. The molecular weight excluding hydrogens is 272 g/mol. The molecule has 0 amide bonds. The van der Waals surface area contributed by atoms with Crippen LogP contribution in [0.15, 0.2) is 12.1 Å². The summed E-state index contributed by atoms with van der Waals surface area (Å²) in [5, 5.41) is 0. The molecule has 2 aliphatic heterocycles. The van der Waals surface area contributed by atoms with Crippen LogP contribution >= 0.6 is 0 Å². The van der Waals surface area contributed by atoms with Gasteiger partial charge in [0.1, 0.15) is 5.82 Å². The molecule has 0 aliphatic carbocycles. The van der Waals surface area contributed by atoms with Crippen molar-refractivity contribution in [2.24, 2.45) is 0 Å². The summed E-state index contributed by atoms with van der Waals surface area (Å²) in [6, 6.07) is 4.65. The van der Waals surface area contributed by atoms with E-state index < -0.39 is 0 Å². The summed E-state index contributed by atoms with van der Waals surface area (Å²) < 4.78 is 0. The molecular formula is C18H26N4. The summed E-state index contributed by atoms with van der Waals surface area (Å²) in [4.78, 5) is 13.2. The average molecular weight is 298 g/mol. The van der Waals surface area contributed by atoms with E-state index >= 15 is 0 Å². The largest absolute Gasteiger partial charge is 0.370 e. The summed E-state index contributed by atoms with van der Waals surface area (Å²) in [5.74, 6) is 1.01. The Balaban J connectivity index is 1.79. The lowest BCUT2D eigenvalue weighted by Gasteiger charge is -2.36. The molecule has 0 radical (unpaired) electrons. The minimum Gasteiger partial charge on any atom is -0.370 e. The van der Waals surface area contributed by atoms with Crippen molar-refractivity contribution in [3.63, 3.8) is 0 Å². The molecule has 4 nitrogen and oxygen atoms in total. The Bertz CT molecular complexity index is 593. The van der Waals surface area contributed by atoms with Gasteiger partial charge in [-0.2, -0.15) is 0 Å². The van der Waals surface area contributed by atoms with Crippen molar-refractivity contribution in [2.75, 3.05) is 36.0 Å². The topological polar surface area (TPSA) is 35.2 Å². The Kier molecular flexibility index (Phi) is 3.68. The van der Waals surface area contributed by atoms with E-state index in [4.69, 9.17) is 0 Å². The summed E-state index contributed by atoms with van der Waals surface area (Å²) in [5.41, 5.74) is 5.11. The van der Waals surface area contributed by atoms with Crippen LogP contribution in [0.2, 0.25) is 0 Å². The van der Waals surface area contributed by atoms with E-state index in [0.29, 0.717) is 0 Å². The zero-order valence-electron chi connectivity index (χ0n) is 13.6. The monoisotopic (exact) mass is 298 g/mol. The van der Waals surface area contributed by atoms with Gasteiger partial charge in [-0.3, -0.25) is 0 Å². The number of imidazole rings is 1. The SMILES string of the molecule is Cc1nc2cc(N3CCCCC3)c(N3CCCCC3)cc2[nH]1. The van der Waals surface area contributed by atoms with Crippen molar-refractivity contribution in [1.29, 1.82) is 0 Å². The van der Waals surface area contributed by atoms with Crippen molar-refractivity contribution in [3.8, 4) is 0 Å². The lowest BCUT2D eigenvalue weighted by molar-refractivity contribution is 0.566. The smallest absolute Gasteiger partial charge is 0.104 e. The molecule has 118 valence electrons. The second kappa shape index (κ2) is 5.82. The van der Waals surface area contributed by atoms with Crippen LogP contribution in [0.5, 0.6) is 0 Å². The molecule has 0 atom stereocenters. The van der Waals surface area contributed by atoms with Gasteiger partial charge in [-0.1, -0.05) is 0 Å². The van der Waals surface area contributed by atoms with Gasteiger partial charge in [0, 0.05) is 26.2 Å². The fourth-order valence-corrected chi connectivity index (χ4v) is 3.94. The molecule has 3 heterocycles. The molecule has 22 heavy (non-hydrogen) atoms. The zero-order chi connectivity index (χ0) is 14.9. The maximum atomic E-state index is 4.65. The number of rotatable bonds is 2. The molecule has 2 fully saturated rings. The number of aryl methyl sites for hydroxylation is 1. The number of fused-ring (bicyclic) bond motifs is 1. The second-order valence-corrected chi connectivity index (χ2v) is 6.78. The van der Waals surface area contributed by atoms with Crippen LogP contribution in [-0.4, -0.2) is 36.1 Å². The number of anilines is 2. The molecule has 1 N–H and O–H groups in total. The molecule has 2 aliphatic rings. The van der Waals surface area contributed by atoms with Crippen molar-refractivity contribution in [2.45, 2.75) is 45.4 Å². The van der Waals surface area contributed by atoms with Crippen molar-refractivity contribution < 1.29 is 0 Å².